The first-order valence-corrected chi connectivity index (χ1v) is 13.6. The van der Waals surface area contributed by atoms with Crippen molar-refractivity contribution >= 4 is 35.9 Å². The summed E-state index contributed by atoms with van der Waals surface area (Å²) in [6.45, 7) is 11.3. The van der Waals surface area contributed by atoms with Crippen LogP contribution in [0.15, 0.2) is 4.99 Å². The van der Waals surface area contributed by atoms with E-state index in [9.17, 15) is 14.4 Å². The van der Waals surface area contributed by atoms with E-state index in [0.29, 0.717) is 11.8 Å². The van der Waals surface area contributed by atoms with Crippen LogP contribution in [0.3, 0.4) is 0 Å². The zero-order valence-electron chi connectivity index (χ0n) is 21.6. The molecule has 4 rings (SSSR count). The van der Waals surface area contributed by atoms with Crippen LogP contribution in [0.1, 0.15) is 60.3 Å². The molecule has 35 heavy (non-hydrogen) atoms. The normalized spacial score (nSPS) is 33.9. The van der Waals surface area contributed by atoms with Gasteiger partial charge in [-0.1, -0.05) is 0 Å². The summed E-state index contributed by atoms with van der Waals surface area (Å²) in [7, 11) is 0. The predicted octanol–water partition coefficient (Wildman–Crippen LogP) is 2.23. The van der Waals surface area contributed by atoms with Crippen LogP contribution in [0.2, 0.25) is 0 Å². The van der Waals surface area contributed by atoms with Crippen LogP contribution < -0.4 is 5.73 Å². The lowest BCUT2D eigenvalue weighted by atomic mass is 9.71. The number of carbonyl (C=O) groups excluding carboxylic acids is 3. The topological polar surface area (TPSA) is 115 Å². The van der Waals surface area contributed by atoms with Gasteiger partial charge in [0, 0.05) is 17.8 Å². The number of aliphatic imine (C=N–C) groups is 1. The molecule has 3 aliphatic heterocycles. The molecule has 196 valence electrons. The van der Waals surface area contributed by atoms with Crippen molar-refractivity contribution in [1.29, 1.82) is 0 Å². The minimum absolute atomic E-state index is 0.154. The number of thioether (sulfide) groups is 1. The first kappa shape index (κ1) is 26.3. The van der Waals surface area contributed by atoms with Crippen molar-refractivity contribution in [3.05, 3.63) is 0 Å². The molecule has 4 aliphatic rings. The summed E-state index contributed by atoms with van der Waals surface area (Å²) in [6.07, 6.45) is 6.73. The maximum atomic E-state index is 13.0. The van der Waals surface area contributed by atoms with Crippen LogP contribution in [0, 0.1) is 23.2 Å². The molecule has 0 aromatic heterocycles. The molecule has 1 saturated carbocycles. The van der Waals surface area contributed by atoms with Crippen LogP contribution in [0.4, 0.5) is 0 Å². The number of nitrogens with zero attached hydrogens (tertiary/aromatic N) is 3. The molecule has 1 aliphatic carbocycles. The van der Waals surface area contributed by atoms with E-state index in [-0.39, 0.29) is 11.3 Å². The third kappa shape index (κ3) is 5.48. The highest BCUT2D eigenvalue weighted by atomic mass is 32.2. The van der Waals surface area contributed by atoms with Crippen LogP contribution >= 0.6 is 11.8 Å². The van der Waals surface area contributed by atoms with Gasteiger partial charge in [0.2, 0.25) is 6.79 Å². The summed E-state index contributed by atoms with van der Waals surface area (Å²) in [6, 6.07) is -1.22. The summed E-state index contributed by atoms with van der Waals surface area (Å²) in [5, 5.41) is -0.193. The van der Waals surface area contributed by atoms with Crippen molar-refractivity contribution in [2.24, 2.45) is 33.9 Å². The van der Waals surface area contributed by atoms with E-state index in [1.807, 2.05) is 20.2 Å². The number of fused-ring (bicyclic) bond motifs is 3. The Bertz CT molecular complexity index is 858. The molecular weight excluding hydrogens is 468 g/mol. The number of nitrogens with two attached hydrogens (primary N) is 1. The summed E-state index contributed by atoms with van der Waals surface area (Å²) in [4.78, 5) is 46.3. The van der Waals surface area contributed by atoms with Gasteiger partial charge in [-0.2, -0.15) is 0 Å². The zero-order valence-corrected chi connectivity index (χ0v) is 22.4. The molecule has 3 heterocycles. The van der Waals surface area contributed by atoms with E-state index in [4.69, 9.17) is 15.2 Å². The lowest BCUT2D eigenvalue weighted by Gasteiger charge is -2.45. The maximum Gasteiger partial charge on any atom is 0.333 e. The van der Waals surface area contributed by atoms with Crippen LogP contribution in [-0.2, 0) is 23.9 Å². The van der Waals surface area contributed by atoms with Crippen molar-refractivity contribution < 1.29 is 23.9 Å². The Hall–Kier alpha value is -1.81. The minimum Gasteiger partial charge on any atom is -0.427 e. The molecule has 2 bridgehead atoms. The molecule has 1 amide bonds. The van der Waals surface area contributed by atoms with E-state index < -0.39 is 41.0 Å². The van der Waals surface area contributed by atoms with E-state index in [2.05, 4.69) is 9.89 Å². The Morgan fingerprint density at radius 3 is 2.43 bits per heavy atom. The predicted molar refractivity (Wildman–Crippen MR) is 134 cm³/mol. The van der Waals surface area contributed by atoms with Crippen LogP contribution in [-0.4, -0.2) is 82.6 Å². The monoisotopic (exact) mass is 508 g/mol. The number of rotatable bonds is 7. The van der Waals surface area contributed by atoms with Crippen molar-refractivity contribution in [2.45, 2.75) is 82.5 Å². The number of piperidine rings is 1. The van der Waals surface area contributed by atoms with Gasteiger partial charge in [0.15, 0.2) is 6.04 Å². The summed E-state index contributed by atoms with van der Waals surface area (Å²) < 4.78 is 9.77. The Balaban J connectivity index is 1.32. The molecule has 2 unspecified atom stereocenters. The third-order valence-corrected chi connectivity index (χ3v) is 9.15. The number of likely N-dealkylation sites (tertiary alicyclic amines) is 1. The SMILES string of the molecule is CC(C)(C)C(=O)OCOC(=O)[C@@H]1N2C(=O)[C@@H](N=CN3CC4CC(CCN)CC(C4)C3)[C@H]2SC1(C)C. The molecule has 9 nitrogen and oxygen atoms in total. The molecular formula is C25H40N4O5S. The molecule has 4 fully saturated rings. The lowest BCUT2D eigenvalue weighted by Crippen LogP contribution is -2.65. The van der Waals surface area contributed by atoms with E-state index in [1.54, 1.807) is 37.4 Å². The zero-order chi connectivity index (χ0) is 25.5. The molecule has 3 saturated heterocycles. The molecule has 0 radical (unpaired) electrons. The molecule has 0 spiro atoms. The van der Waals surface area contributed by atoms with Gasteiger partial charge < -0.3 is 25.0 Å². The second kappa shape index (κ2) is 9.92. The molecule has 5 atom stereocenters. The number of β-lactam (4-membered cyclic amide) rings is 1. The Kier molecular flexibility index (Phi) is 7.44. The molecule has 0 aromatic rings. The van der Waals surface area contributed by atoms with Crippen molar-refractivity contribution in [2.75, 3.05) is 26.4 Å². The average molecular weight is 509 g/mol. The quantitative estimate of drug-likeness (QED) is 0.183. The second-order valence-electron chi connectivity index (χ2n) is 12.1. The van der Waals surface area contributed by atoms with Crippen molar-refractivity contribution in [3.8, 4) is 0 Å². The van der Waals surface area contributed by atoms with E-state index in [0.717, 1.165) is 32.0 Å². The van der Waals surface area contributed by atoms with Gasteiger partial charge in [-0.25, -0.2) is 4.79 Å². The number of carbonyl (C=O) groups is 3. The van der Waals surface area contributed by atoms with Crippen LogP contribution in [0.25, 0.3) is 0 Å². The first-order chi connectivity index (χ1) is 16.4. The fraction of sp³-hybridized carbons (Fsp3) is 0.840. The summed E-state index contributed by atoms with van der Waals surface area (Å²) in [5.41, 5.74) is 5.09. The highest BCUT2D eigenvalue weighted by molar-refractivity contribution is 8.01. The number of amides is 1. The Labute approximate surface area is 212 Å². The van der Waals surface area contributed by atoms with Gasteiger partial charge in [-0.3, -0.25) is 14.6 Å². The van der Waals surface area contributed by atoms with Gasteiger partial charge in [0.05, 0.1) is 11.8 Å². The molecule has 2 N–H and O–H groups in total. The summed E-state index contributed by atoms with van der Waals surface area (Å²) in [5.74, 6) is 0.928. The Morgan fingerprint density at radius 1 is 1.17 bits per heavy atom. The second-order valence-corrected chi connectivity index (χ2v) is 13.8. The fourth-order valence-corrected chi connectivity index (χ4v) is 7.63. The maximum absolute atomic E-state index is 13.0. The van der Waals surface area contributed by atoms with Gasteiger partial charge in [-0.15, -0.1) is 11.8 Å². The first-order valence-electron chi connectivity index (χ1n) is 12.7. The van der Waals surface area contributed by atoms with E-state index in [1.165, 1.54) is 19.3 Å². The molecule has 0 aromatic carbocycles. The summed E-state index contributed by atoms with van der Waals surface area (Å²) >= 11 is 1.57. The highest BCUT2D eigenvalue weighted by Crippen LogP contribution is 2.52. The standard InChI is InChI=1S/C25H40N4O5S/c1-24(2,3)23(32)34-14-33-22(31)19-25(4,5)35-21-18(20(30)29(19)21)27-13-28-11-16-8-15(6-7-26)9-17(10-16)12-28/h13,15-19,21H,6-12,14,26H2,1-5H3/t15?,16?,17?,18-,19+,21-/m1/s1. The average Bonchev–Trinajstić information content (AvgIpc) is 3.00. The van der Waals surface area contributed by atoms with Gasteiger partial charge in [-0.05, 0) is 84.6 Å². The number of esters is 2. The smallest absolute Gasteiger partial charge is 0.333 e. The van der Waals surface area contributed by atoms with Gasteiger partial charge in [0.25, 0.3) is 5.91 Å². The van der Waals surface area contributed by atoms with E-state index >= 15 is 0 Å². The Morgan fingerprint density at radius 2 is 1.83 bits per heavy atom. The van der Waals surface area contributed by atoms with Crippen molar-refractivity contribution in [1.82, 2.24) is 9.80 Å². The highest BCUT2D eigenvalue weighted by Gasteiger charge is 2.64. The van der Waals surface area contributed by atoms with Crippen molar-refractivity contribution in [3.63, 3.8) is 0 Å². The lowest BCUT2D eigenvalue weighted by molar-refractivity contribution is -0.179. The minimum atomic E-state index is -0.737. The number of hydrogen-bond donors (Lipinski definition) is 1. The number of hydrogen-bond acceptors (Lipinski definition) is 8. The fourth-order valence-electron chi connectivity index (χ4n) is 6.02. The molecule has 10 heteroatoms. The van der Waals surface area contributed by atoms with Gasteiger partial charge >= 0.3 is 11.9 Å². The van der Waals surface area contributed by atoms with Crippen LogP contribution in [0.5, 0.6) is 0 Å². The number of ether oxygens (including phenoxy) is 2. The van der Waals surface area contributed by atoms with Gasteiger partial charge in [0.1, 0.15) is 11.4 Å². The largest absolute Gasteiger partial charge is 0.427 e. The third-order valence-electron chi connectivity index (χ3n) is 7.59.